The van der Waals surface area contributed by atoms with E-state index in [0.29, 0.717) is 17.3 Å². The molecule has 0 aromatic heterocycles. The molecule has 1 unspecified atom stereocenters. The maximum atomic E-state index is 12.0. The summed E-state index contributed by atoms with van der Waals surface area (Å²) >= 11 is 7.87. The van der Waals surface area contributed by atoms with Crippen molar-refractivity contribution in [2.45, 2.75) is 18.9 Å². The Morgan fingerprint density at radius 1 is 1.50 bits per heavy atom. The Kier molecular flexibility index (Phi) is 4.74. The van der Waals surface area contributed by atoms with Crippen LogP contribution in [-0.2, 0) is 14.8 Å². The van der Waals surface area contributed by atoms with Gasteiger partial charge < -0.3 is 4.74 Å². The van der Waals surface area contributed by atoms with Crippen molar-refractivity contribution < 1.29 is 13.2 Å². The predicted octanol–water partition coefficient (Wildman–Crippen LogP) is 2.87. The summed E-state index contributed by atoms with van der Waals surface area (Å²) < 4.78 is 32.6. The normalized spacial score (nSPS) is 20.0. The number of rotatable bonds is 4. The summed E-state index contributed by atoms with van der Waals surface area (Å²) in [6.07, 6.45) is 1.55. The fourth-order valence-corrected chi connectivity index (χ4v) is 4.34. The lowest BCUT2D eigenvalue weighted by molar-refractivity contribution is 0.127. The third kappa shape index (κ3) is 3.97. The van der Waals surface area contributed by atoms with E-state index in [0.717, 1.165) is 16.4 Å². The van der Waals surface area contributed by atoms with Crippen LogP contribution in [0.1, 0.15) is 12.8 Å². The molecule has 0 spiro atoms. The van der Waals surface area contributed by atoms with E-state index >= 15 is 0 Å². The van der Waals surface area contributed by atoms with Crippen molar-refractivity contribution in [2.75, 3.05) is 17.1 Å². The highest BCUT2D eigenvalue weighted by molar-refractivity contribution is 14.1. The van der Waals surface area contributed by atoms with Crippen LogP contribution < -0.4 is 4.72 Å². The highest BCUT2D eigenvalue weighted by Crippen LogP contribution is 2.24. The molecule has 1 aromatic carbocycles. The van der Waals surface area contributed by atoms with E-state index in [1.807, 2.05) is 22.6 Å². The second-order valence-corrected chi connectivity index (χ2v) is 7.51. The summed E-state index contributed by atoms with van der Waals surface area (Å²) in [7, 11) is -3.38. The molecule has 2 rings (SSSR count). The lowest BCUT2D eigenvalue weighted by Gasteiger charge is -2.13. The van der Waals surface area contributed by atoms with Gasteiger partial charge in [0.1, 0.15) is 0 Å². The van der Waals surface area contributed by atoms with Crippen molar-refractivity contribution in [1.29, 1.82) is 0 Å². The van der Waals surface area contributed by atoms with Crippen LogP contribution in [-0.4, -0.2) is 26.9 Å². The summed E-state index contributed by atoms with van der Waals surface area (Å²) in [6.45, 7) is 0.651. The van der Waals surface area contributed by atoms with Gasteiger partial charge >= 0.3 is 0 Å². The Hall–Kier alpha value is -0.0500. The van der Waals surface area contributed by atoms with Gasteiger partial charge in [-0.05, 0) is 53.6 Å². The van der Waals surface area contributed by atoms with Crippen molar-refractivity contribution in [2.24, 2.45) is 0 Å². The van der Waals surface area contributed by atoms with Gasteiger partial charge in [0.15, 0.2) is 0 Å². The third-order valence-electron chi connectivity index (χ3n) is 2.63. The quantitative estimate of drug-likeness (QED) is 0.789. The summed E-state index contributed by atoms with van der Waals surface area (Å²) in [5.41, 5.74) is 0.554. The van der Waals surface area contributed by atoms with E-state index in [9.17, 15) is 8.42 Å². The van der Waals surface area contributed by atoms with E-state index in [-0.39, 0.29) is 11.9 Å². The first-order valence-electron chi connectivity index (χ1n) is 5.53. The summed E-state index contributed by atoms with van der Waals surface area (Å²) in [5.74, 6) is 0.00566. The molecule has 0 bridgehead atoms. The molecule has 1 aliphatic heterocycles. The number of benzene rings is 1. The van der Waals surface area contributed by atoms with Gasteiger partial charge in [0.25, 0.3) is 0 Å². The van der Waals surface area contributed by atoms with Gasteiger partial charge in [0.05, 0.1) is 17.5 Å². The molecular formula is C11H13ClINO3S. The Bertz CT molecular complexity index is 529. The minimum Gasteiger partial charge on any atom is -0.377 e. The molecule has 18 heavy (non-hydrogen) atoms. The van der Waals surface area contributed by atoms with E-state index < -0.39 is 10.0 Å². The molecule has 0 aliphatic carbocycles. The SMILES string of the molecule is O=S(=O)(CC1CCCO1)Nc1ccc(Cl)cc1I. The average Bonchev–Trinajstić information content (AvgIpc) is 2.74. The highest BCUT2D eigenvalue weighted by Gasteiger charge is 2.23. The predicted molar refractivity (Wildman–Crippen MR) is 80.6 cm³/mol. The average molecular weight is 402 g/mol. The number of ether oxygens (including phenoxy) is 1. The molecule has 1 heterocycles. The van der Waals surface area contributed by atoms with Crippen LogP contribution in [0.3, 0.4) is 0 Å². The maximum Gasteiger partial charge on any atom is 0.235 e. The van der Waals surface area contributed by atoms with E-state index in [2.05, 4.69) is 4.72 Å². The smallest absolute Gasteiger partial charge is 0.235 e. The number of halogens is 2. The topological polar surface area (TPSA) is 55.4 Å². The summed E-state index contributed by atoms with van der Waals surface area (Å²) in [6, 6.07) is 5.04. The largest absolute Gasteiger partial charge is 0.377 e. The molecule has 1 aromatic rings. The Labute approximate surface area is 125 Å². The van der Waals surface area contributed by atoms with Gasteiger partial charge in [-0.3, -0.25) is 4.72 Å². The zero-order valence-electron chi connectivity index (χ0n) is 9.53. The first-order chi connectivity index (χ1) is 8.46. The van der Waals surface area contributed by atoms with Crippen molar-refractivity contribution in [3.63, 3.8) is 0 Å². The molecule has 7 heteroatoms. The van der Waals surface area contributed by atoms with Gasteiger partial charge in [-0.15, -0.1) is 0 Å². The van der Waals surface area contributed by atoms with Crippen LogP contribution >= 0.6 is 34.2 Å². The lowest BCUT2D eigenvalue weighted by Crippen LogP contribution is -2.26. The van der Waals surface area contributed by atoms with E-state index in [4.69, 9.17) is 16.3 Å². The molecular weight excluding hydrogens is 389 g/mol. The van der Waals surface area contributed by atoms with Gasteiger partial charge in [-0.1, -0.05) is 11.6 Å². The van der Waals surface area contributed by atoms with E-state index in [1.54, 1.807) is 18.2 Å². The van der Waals surface area contributed by atoms with Crippen LogP contribution in [0.4, 0.5) is 5.69 Å². The molecule has 1 aliphatic rings. The van der Waals surface area contributed by atoms with Gasteiger partial charge in [-0.2, -0.15) is 0 Å². The molecule has 0 radical (unpaired) electrons. The Morgan fingerprint density at radius 3 is 2.89 bits per heavy atom. The van der Waals surface area contributed by atoms with Gasteiger partial charge in [-0.25, -0.2) is 8.42 Å². The summed E-state index contributed by atoms with van der Waals surface area (Å²) in [5, 5.41) is 0.585. The maximum absolute atomic E-state index is 12.0. The molecule has 100 valence electrons. The van der Waals surface area contributed by atoms with Crippen LogP contribution in [0.25, 0.3) is 0 Å². The van der Waals surface area contributed by atoms with Crippen LogP contribution in [0.5, 0.6) is 0 Å². The molecule has 1 saturated heterocycles. The van der Waals surface area contributed by atoms with Gasteiger partial charge in [0, 0.05) is 15.2 Å². The molecule has 1 atom stereocenters. The Balaban J connectivity index is 2.07. The minimum atomic E-state index is -3.38. The number of sulfonamides is 1. The van der Waals surface area contributed by atoms with E-state index in [1.165, 1.54) is 0 Å². The second kappa shape index (κ2) is 5.94. The zero-order valence-corrected chi connectivity index (χ0v) is 13.3. The molecule has 0 amide bonds. The van der Waals surface area contributed by atoms with Crippen molar-refractivity contribution in [3.8, 4) is 0 Å². The molecule has 1 N–H and O–H groups in total. The number of anilines is 1. The molecule has 0 saturated carbocycles. The Morgan fingerprint density at radius 2 is 2.28 bits per heavy atom. The van der Waals surface area contributed by atoms with Crippen LogP contribution in [0.2, 0.25) is 5.02 Å². The fourth-order valence-electron chi connectivity index (χ4n) is 1.80. The number of hydrogen-bond acceptors (Lipinski definition) is 3. The van der Waals surface area contributed by atoms with Crippen LogP contribution in [0.15, 0.2) is 18.2 Å². The standard InChI is InChI=1S/C11H13ClINO3S/c12-8-3-4-11(10(13)6-8)14-18(15,16)7-9-2-1-5-17-9/h3-4,6,9,14H,1-2,5,7H2. The second-order valence-electron chi connectivity index (χ2n) is 4.14. The molecule has 1 fully saturated rings. The van der Waals surface area contributed by atoms with Crippen molar-refractivity contribution in [3.05, 3.63) is 26.8 Å². The number of nitrogens with one attached hydrogen (secondary N) is 1. The van der Waals surface area contributed by atoms with Crippen LogP contribution in [0, 0.1) is 3.57 Å². The van der Waals surface area contributed by atoms with Crippen molar-refractivity contribution in [1.82, 2.24) is 0 Å². The van der Waals surface area contributed by atoms with Crippen molar-refractivity contribution >= 4 is 49.9 Å². The summed E-state index contributed by atoms with van der Waals surface area (Å²) in [4.78, 5) is 0. The fraction of sp³-hybridized carbons (Fsp3) is 0.455. The first-order valence-corrected chi connectivity index (χ1v) is 8.64. The first kappa shape index (κ1) is 14.4. The highest BCUT2D eigenvalue weighted by atomic mass is 127. The molecule has 4 nitrogen and oxygen atoms in total. The van der Waals surface area contributed by atoms with Gasteiger partial charge in [0.2, 0.25) is 10.0 Å². The number of hydrogen-bond donors (Lipinski definition) is 1. The monoisotopic (exact) mass is 401 g/mol. The minimum absolute atomic E-state index is 0.00566. The third-order valence-corrected chi connectivity index (χ3v) is 5.10. The lowest BCUT2D eigenvalue weighted by atomic mass is 10.3. The zero-order chi connectivity index (χ0) is 13.2.